The number of nitriles is 1. The van der Waals surface area contributed by atoms with E-state index in [-0.39, 0.29) is 6.04 Å². The van der Waals surface area contributed by atoms with Crippen LogP contribution >= 0.6 is 0 Å². The molecule has 7 heteroatoms. The van der Waals surface area contributed by atoms with Gasteiger partial charge in [0, 0.05) is 12.0 Å². The maximum Gasteiger partial charge on any atom is 0.239 e. The zero-order chi connectivity index (χ0) is 18.0. The molecule has 0 bridgehead atoms. The van der Waals surface area contributed by atoms with Gasteiger partial charge in [0.25, 0.3) is 0 Å². The second kappa shape index (κ2) is 6.85. The molecule has 25 heavy (non-hydrogen) atoms. The summed E-state index contributed by atoms with van der Waals surface area (Å²) in [4.78, 5) is 0. The van der Waals surface area contributed by atoms with Crippen LogP contribution in [0.1, 0.15) is 50.0 Å². The summed E-state index contributed by atoms with van der Waals surface area (Å²) >= 11 is 0. The van der Waals surface area contributed by atoms with Crippen LogP contribution < -0.4 is 0 Å². The quantitative estimate of drug-likeness (QED) is 0.709. The largest absolute Gasteiger partial charge is 0.423 e. The summed E-state index contributed by atoms with van der Waals surface area (Å²) in [5.74, 6) is 3.02. The highest BCUT2D eigenvalue weighted by molar-refractivity contribution is 5.58. The molecule has 7 nitrogen and oxygen atoms in total. The summed E-state index contributed by atoms with van der Waals surface area (Å²) in [6, 6.07) is 9.24. The van der Waals surface area contributed by atoms with Crippen molar-refractivity contribution in [2.75, 3.05) is 0 Å². The highest BCUT2D eigenvalue weighted by atomic mass is 16.4. The Morgan fingerprint density at radius 2 is 1.96 bits per heavy atom. The molecule has 0 aliphatic heterocycles. The predicted octanol–water partition coefficient (Wildman–Crippen LogP) is 3.32. The topological polar surface area (TPSA) is 93.4 Å². The van der Waals surface area contributed by atoms with Crippen molar-refractivity contribution >= 4 is 0 Å². The van der Waals surface area contributed by atoms with Crippen LogP contribution in [0.25, 0.3) is 11.4 Å². The Morgan fingerprint density at radius 1 is 1.16 bits per heavy atom. The van der Waals surface area contributed by atoms with Crippen LogP contribution in [0.4, 0.5) is 0 Å². The van der Waals surface area contributed by atoms with Gasteiger partial charge in [-0.25, -0.2) is 0 Å². The number of hydrogen-bond acceptors (Lipinski definition) is 6. The molecule has 0 N–H and O–H groups in total. The van der Waals surface area contributed by atoms with Crippen LogP contribution in [0.15, 0.2) is 28.7 Å². The molecule has 0 aliphatic rings. The molecule has 0 amide bonds. The molecule has 0 fully saturated rings. The number of aromatic nitrogens is 5. The first-order valence-corrected chi connectivity index (χ1v) is 8.24. The van der Waals surface area contributed by atoms with Crippen LogP contribution in [0, 0.1) is 24.2 Å². The van der Waals surface area contributed by atoms with E-state index in [1.54, 1.807) is 12.1 Å². The number of benzene rings is 1. The number of nitrogens with zero attached hydrogens (tertiary/aromatic N) is 6. The second-order valence-electron chi connectivity index (χ2n) is 6.44. The fraction of sp³-hybridized carbons (Fsp3) is 0.389. The molecule has 2 heterocycles. The van der Waals surface area contributed by atoms with E-state index < -0.39 is 0 Å². The van der Waals surface area contributed by atoms with Gasteiger partial charge in [-0.3, -0.25) is 4.57 Å². The third-order valence-electron chi connectivity index (χ3n) is 3.93. The first kappa shape index (κ1) is 16.8. The SMILES string of the molecule is Cc1nnc(-c2cccc(C#N)c2)n1[C@@H](C)c1nnc(CC(C)C)o1. The lowest BCUT2D eigenvalue weighted by atomic mass is 10.1. The summed E-state index contributed by atoms with van der Waals surface area (Å²) in [6.45, 7) is 8.07. The number of aryl methyl sites for hydroxylation is 1. The Morgan fingerprint density at radius 3 is 2.68 bits per heavy atom. The van der Waals surface area contributed by atoms with Crippen LogP contribution in [-0.4, -0.2) is 25.0 Å². The molecule has 1 aromatic carbocycles. The van der Waals surface area contributed by atoms with Crippen molar-refractivity contribution in [3.8, 4) is 17.5 Å². The zero-order valence-corrected chi connectivity index (χ0v) is 14.8. The van der Waals surface area contributed by atoms with E-state index in [1.807, 2.05) is 30.5 Å². The maximum absolute atomic E-state index is 9.12. The minimum atomic E-state index is -0.204. The van der Waals surface area contributed by atoms with Gasteiger partial charge in [0.1, 0.15) is 11.9 Å². The average molecular weight is 336 g/mol. The Kier molecular flexibility index (Phi) is 4.61. The Labute approximate surface area is 146 Å². The number of hydrogen-bond donors (Lipinski definition) is 0. The highest BCUT2D eigenvalue weighted by Gasteiger charge is 2.22. The Balaban J connectivity index is 1.98. The van der Waals surface area contributed by atoms with Crippen LogP contribution in [0.3, 0.4) is 0 Å². The van der Waals surface area contributed by atoms with Crippen molar-refractivity contribution < 1.29 is 4.42 Å². The predicted molar refractivity (Wildman–Crippen MR) is 91.6 cm³/mol. The maximum atomic E-state index is 9.12. The van der Waals surface area contributed by atoms with E-state index in [9.17, 15) is 0 Å². The van der Waals surface area contributed by atoms with Gasteiger partial charge in [0.05, 0.1) is 11.6 Å². The molecule has 128 valence electrons. The molecule has 0 saturated heterocycles. The standard InChI is InChI=1S/C18H20N6O/c1-11(2)8-16-21-23-18(25-16)12(3)24-13(4)20-22-17(24)15-7-5-6-14(9-15)10-19/h5-7,9,11-12H,8H2,1-4H3/t12-/m0/s1. The first-order valence-electron chi connectivity index (χ1n) is 8.24. The third kappa shape index (κ3) is 3.43. The minimum absolute atomic E-state index is 0.204. The molecule has 1 atom stereocenters. The monoisotopic (exact) mass is 336 g/mol. The van der Waals surface area contributed by atoms with Crippen LogP contribution in [0.5, 0.6) is 0 Å². The van der Waals surface area contributed by atoms with Gasteiger partial charge in [-0.1, -0.05) is 26.0 Å². The van der Waals surface area contributed by atoms with E-state index in [1.165, 1.54) is 0 Å². The third-order valence-corrected chi connectivity index (χ3v) is 3.93. The van der Waals surface area contributed by atoms with Crippen LogP contribution in [-0.2, 0) is 6.42 Å². The molecule has 2 aromatic heterocycles. The van der Waals surface area contributed by atoms with E-state index in [4.69, 9.17) is 9.68 Å². The van der Waals surface area contributed by atoms with Crippen molar-refractivity contribution in [2.45, 2.75) is 40.2 Å². The smallest absolute Gasteiger partial charge is 0.239 e. The normalized spacial score (nSPS) is 12.3. The van der Waals surface area contributed by atoms with Gasteiger partial charge in [-0.15, -0.1) is 20.4 Å². The van der Waals surface area contributed by atoms with Crippen molar-refractivity contribution in [3.05, 3.63) is 47.4 Å². The summed E-state index contributed by atoms with van der Waals surface area (Å²) < 4.78 is 7.77. The van der Waals surface area contributed by atoms with Gasteiger partial charge in [-0.2, -0.15) is 5.26 Å². The van der Waals surface area contributed by atoms with E-state index in [0.717, 1.165) is 17.8 Å². The summed E-state index contributed by atoms with van der Waals surface area (Å²) in [7, 11) is 0. The minimum Gasteiger partial charge on any atom is -0.423 e. The fourth-order valence-electron chi connectivity index (χ4n) is 2.74. The van der Waals surface area contributed by atoms with E-state index >= 15 is 0 Å². The Hall–Kier alpha value is -3.01. The molecule has 3 rings (SSSR count). The van der Waals surface area contributed by atoms with Gasteiger partial charge < -0.3 is 4.42 Å². The van der Waals surface area contributed by atoms with Gasteiger partial charge in [-0.05, 0) is 31.9 Å². The van der Waals surface area contributed by atoms with Gasteiger partial charge >= 0.3 is 0 Å². The molecule has 0 unspecified atom stereocenters. The molecule has 0 saturated carbocycles. The first-order chi connectivity index (χ1) is 12.0. The molecule has 0 spiro atoms. The van der Waals surface area contributed by atoms with Crippen LogP contribution in [0.2, 0.25) is 0 Å². The molecule has 3 aromatic rings. The van der Waals surface area contributed by atoms with Gasteiger partial charge in [0.15, 0.2) is 5.82 Å². The lowest BCUT2D eigenvalue weighted by Crippen LogP contribution is -2.11. The van der Waals surface area contributed by atoms with E-state index in [0.29, 0.717) is 29.1 Å². The molecule has 0 radical (unpaired) electrons. The molecular weight excluding hydrogens is 316 g/mol. The summed E-state index contributed by atoms with van der Waals surface area (Å²) in [6.07, 6.45) is 0.748. The average Bonchev–Trinajstić information content (AvgIpc) is 3.20. The second-order valence-corrected chi connectivity index (χ2v) is 6.44. The van der Waals surface area contributed by atoms with Crippen molar-refractivity contribution in [2.24, 2.45) is 5.92 Å². The summed E-state index contributed by atoms with van der Waals surface area (Å²) in [5.41, 5.74) is 1.41. The van der Waals surface area contributed by atoms with Gasteiger partial charge in [0.2, 0.25) is 11.8 Å². The zero-order valence-electron chi connectivity index (χ0n) is 14.8. The molecule has 0 aliphatic carbocycles. The van der Waals surface area contributed by atoms with Crippen molar-refractivity contribution in [1.29, 1.82) is 5.26 Å². The Bertz CT molecular complexity index is 918. The molecular formula is C18H20N6O. The van der Waals surface area contributed by atoms with E-state index in [2.05, 4.69) is 40.3 Å². The van der Waals surface area contributed by atoms with Crippen molar-refractivity contribution in [3.63, 3.8) is 0 Å². The fourth-order valence-corrected chi connectivity index (χ4v) is 2.74. The summed E-state index contributed by atoms with van der Waals surface area (Å²) in [5, 5.41) is 25.9. The highest BCUT2D eigenvalue weighted by Crippen LogP contribution is 2.26. The van der Waals surface area contributed by atoms with Crippen molar-refractivity contribution in [1.82, 2.24) is 25.0 Å². The number of rotatable bonds is 5. The lowest BCUT2D eigenvalue weighted by molar-refractivity contribution is 0.387. The lowest BCUT2D eigenvalue weighted by Gasteiger charge is -2.14.